The van der Waals surface area contributed by atoms with Gasteiger partial charge in [-0.3, -0.25) is 4.79 Å². The van der Waals surface area contributed by atoms with Gasteiger partial charge in [-0.1, -0.05) is 54.6 Å². The minimum Gasteiger partial charge on any atom is -0.322 e. The molecule has 0 spiro atoms. The maximum Gasteiger partial charge on any atom is 0.248 e. The summed E-state index contributed by atoms with van der Waals surface area (Å²) in [5.74, 6) is -0.320. The summed E-state index contributed by atoms with van der Waals surface area (Å²) in [7, 11) is -3.33. The Kier molecular flexibility index (Phi) is 5.76. The summed E-state index contributed by atoms with van der Waals surface area (Å²) in [6.07, 6.45) is 4.32. The van der Waals surface area contributed by atoms with Crippen molar-refractivity contribution in [3.8, 4) is 11.1 Å². The number of nitrogens with one attached hydrogen (secondary N) is 1. The molecule has 0 saturated carbocycles. The molecule has 0 aromatic heterocycles. The maximum absolute atomic E-state index is 12.3. The summed E-state index contributed by atoms with van der Waals surface area (Å²) in [4.78, 5) is 12.5. The highest BCUT2D eigenvalue weighted by molar-refractivity contribution is 7.90. The molecule has 0 saturated heterocycles. The fraction of sp³-hybridized carbons (Fsp3) is 0.0870. The Morgan fingerprint density at radius 3 is 2.32 bits per heavy atom. The minimum absolute atomic E-state index is 0.174. The van der Waals surface area contributed by atoms with Gasteiger partial charge in [0.25, 0.3) is 0 Å². The Morgan fingerprint density at radius 2 is 1.61 bits per heavy atom. The van der Waals surface area contributed by atoms with Crippen LogP contribution in [-0.4, -0.2) is 20.6 Å². The van der Waals surface area contributed by atoms with Gasteiger partial charge in [0.1, 0.15) is 0 Å². The molecule has 0 atom stereocenters. The summed E-state index contributed by atoms with van der Waals surface area (Å²) >= 11 is 0. The molecule has 0 radical (unpaired) electrons. The highest BCUT2D eigenvalue weighted by atomic mass is 32.2. The molecule has 1 N–H and O–H groups in total. The van der Waals surface area contributed by atoms with Crippen molar-refractivity contribution in [1.82, 2.24) is 0 Å². The van der Waals surface area contributed by atoms with Gasteiger partial charge in [0.2, 0.25) is 5.91 Å². The Labute approximate surface area is 165 Å². The van der Waals surface area contributed by atoms with Crippen LogP contribution in [0.15, 0.2) is 83.8 Å². The van der Waals surface area contributed by atoms with Crippen LogP contribution in [-0.2, 0) is 14.6 Å². The number of benzene rings is 3. The molecule has 0 fully saturated rings. The number of carbonyl (C=O) groups is 1. The molecule has 3 aromatic carbocycles. The van der Waals surface area contributed by atoms with Crippen molar-refractivity contribution in [1.29, 1.82) is 0 Å². The Morgan fingerprint density at radius 1 is 0.893 bits per heavy atom. The van der Waals surface area contributed by atoms with E-state index in [0.717, 1.165) is 28.5 Å². The van der Waals surface area contributed by atoms with E-state index in [-0.39, 0.29) is 10.8 Å². The van der Waals surface area contributed by atoms with Gasteiger partial charge in [-0.15, -0.1) is 0 Å². The number of hydrogen-bond acceptors (Lipinski definition) is 3. The van der Waals surface area contributed by atoms with Crippen molar-refractivity contribution < 1.29 is 13.2 Å². The number of carbonyl (C=O) groups excluding carboxylic acids is 1. The fourth-order valence-electron chi connectivity index (χ4n) is 2.77. The van der Waals surface area contributed by atoms with Crippen LogP contribution in [0.3, 0.4) is 0 Å². The van der Waals surface area contributed by atoms with Crippen molar-refractivity contribution in [2.24, 2.45) is 0 Å². The third-order valence-electron chi connectivity index (χ3n) is 4.32. The van der Waals surface area contributed by atoms with Gasteiger partial charge >= 0.3 is 0 Å². The van der Waals surface area contributed by atoms with E-state index in [0.29, 0.717) is 5.69 Å². The van der Waals surface area contributed by atoms with E-state index in [4.69, 9.17) is 0 Å². The highest BCUT2D eigenvalue weighted by Crippen LogP contribution is 2.22. The molecular formula is C23H21NO3S. The molecule has 0 aliphatic heterocycles. The van der Waals surface area contributed by atoms with E-state index in [1.54, 1.807) is 12.1 Å². The first-order valence-electron chi connectivity index (χ1n) is 8.78. The SMILES string of the molecule is Cc1ccc(S(C)(=O)=O)cc1NC(=O)/C=C/c1cccc(-c2ccccc2)c1. The van der Waals surface area contributed by atoms with Crippen LogP contribution in [0.5, 0.6) is 0 Å². The third kappa shape index (κ3) is 4.96. The third-order valence-corrected chi connectivity index (χ3v) is 5.43. The van der Waals surface area contributed by atoms with Gasteiger partial charge < -0.3 is 5.32 Å². The quantitative estimate of drug-likeness (QED) is 0.640. The number of sulfone groups is 1. The van der Waals surface area contributed by atoms with Crippen LogP contribution in [0.25, 0.3) is 17.2 Å². The van der Waals surface area contributed by atoms with E-state index in [2.05, 4.69) is 5.32 Å². The normalized spacial score (nSPS) is 11.5. The van der Waals surface area contributed by atoms with E-state index in [1.165, 1.54) is 18.2 Å². The van der Waals surface area contributed by atoms with Crippen molar-refractivity contribution in [3.63, 3.8) is 0 Å². The molecule has 0 aliphatic carbocycles. The number of hydrogen-bond donors (Lipinski definition) is 1. The first kappa shape index (κ1) is 19.6. The summed E-state index contributed by atoms with van der Waals surface area (Å²) in [6, 6.07) is 22.6. The predicted octanol–water partition coefficient (Wildman–Crippen LogP) is 4.72. The van der Waals surface area contributed by atoms with E-state index in [9.17, 15) is 13.2 Å². The molecule has 0 bridgehead atoms. The van der Waals surface area contributed by atoms with Crippen LogP contribution in [0, 0.1) is 6.92 Å². The molecule has 28 heavy (non-hydrogen) atoms. The molecule has 4 nitrogen and oxygen atoms in total. The van der Waals surface area contributed by atoms with E-state index >= 15 is 0 Å². The van der Waals surface area contributed by atoms with Crippen LogP contribution in [0.2, 0.25) is 0 Å². The molecule has 142 valence electrons. The zero-order valence-corrected chi connectivity index (χ0v) is 16.5. The van der Waals surface area contributed by atoms with Gasteiger partial charge in [0.15, 0.2) is 9.84 Å². The second kappa shape index (κ2) is 8.23. The smallest absolute Gasteiger partial charge is 0.248 e. The second-order valence-electron chi connectivity index (χ2n) is 6.56. The van der Waals surface area contributed by atoms with Gasteiger partial charge in [0, 0.05) is 18.0 Å². The molecule has 3 rings (SSSR count). The van der Waals surface area contributed by atoms with Crippen molar-refractivity contribution >= 4 is 27.5 Å². The lowest BCUT2D eigenvalue weighted by Gasteiger charge is -2.08. The first-order valence-corrected chi connectivity index (χ1v) is 10.7. The van der Waals surface area contributed by atoms with Gasteiger partial charge in [-0.05, 0) is 53.5 Å². The lowest BCUT2D eigenvalue weighted by Crippen LogP contribution is -2.10. The number of amides is 1. The average molecular weight is 391 g/mol. The standard InChI is InChI=1S/C23H21NO3S/c1-17-11-13-21(28(2,26)27)16-22(17)24-23(25)14-12-18-7-6-10-20(15-18)19-8-4-3-5-9-19/h3-16H,1-2H3,(H,24,25)/b14-12+. The molecule has 1 amide bonds. The summed E-state index contributed by atoms with van der Waals surface area (Å²) in [6.45, 7) is 1.81. The van der Waals surface area contributed by atoms with Crippen LogP contribution in [0.4, 0.5) is 5.69 Å². The Hall–Kier alpha value is -3.18. The van der Waals surface area contributed by atoms with Crippen molar-refractivity contribution in [2.45, 2.75) is 11.8 Å². The lowest BCUT2D eigenvalue weighted by molar-refractivity contribution is -0.111. The molecule has 3 aromatic rings. The van der Waals surface area contributed by atoms with Gasteiger partial charge in [-0.2, -0.15) is 0 Å². The first-order chi connectivity index (χ1) is 13.3. The van der Waals surface area contributed by atoms with Crippen molar-refractivity contribution in [3.05, 3.63) is 90.0 Å². The monoisotopic (exact) mass is 391 g/mol. The zero-order valence-electron chi connectivity index (χ0n) is 15.7. The fourth-order valence-corrected chi connectivity index (χ4v) is 3.41. The molecule has 0 heterocycles. The van der Waals surface area contributed by atoms with E-state index in [1.807, 2.05) is 61.5 Å². The zero-order chi connectivity index (χ0) is 20.1. The van der Waals surface area contributed by atoms with Crippen molar-refractivity contribution in [2.75, 3.05) is 11.6 Å². The number of anilines is 1. The summed E-state index contributed by atoms with van der Waals surface area (Å²) in [5.41, 5.74) is 4.35. The van der Waals surface area contributed by atoms with Crippen LogP contribution >= 0.6 is 0 Å². The molecule has 0 unspecified atom stereocenters. The molecule has 0 aliphatic rings. The summed E-state index contributed by atoms with van der Waals surface area (Å²) < 4.78 is 23.4. The lowest BCUT2D eigenvalue weighted by atomic mass is 10.0. The largest absolute Gasteiger partial charge is 0.322 e. The van der Waals surface area contributed by atoms with Crippen LogP contribution < -0.4 is 5.32 Å². The van der Waals surface area contributed by atoms with Gasteiger partial charge in [0.05, 0.1) is 4.90 Å². The topological polar surface area (TPSA) is 63.2 Å². The highest BCUT2D eigenvalue weighted by Gasteiger charge is 2.10. The number of aryl methyl sites for hydroxylation is 1. The van der Waals surface area contributed by atoms with Gasteiger partial charge in [-0.25, -0.2) is 8.42 Å². The molecular weight excluding hydrogens is 370 g/mol. The maximum atomic E-state index is 12.3. The predicted molar refractivity (Wildman–Crippen MR) is 114 cm³/mol. The van der Waals surface area contributed by atoms with E-state index < -0.39 is 9.84 Å². The second-order valence-corrected chi connectivity index (χ2v) is 8.58. The average Bonchev–Trinajstić information content (AvgIpc) is 2.68. The minimum atomic E-state index is -3.33. The summed E-state index contributed by atoms with van der Waals surface area (Å²) in [5, 5.41) is 2.75. The number of rotatable bonds is 5. The Bertz CT molecular complexity index is 1130. The Balaban J connectivity index is 1.76. The van der Waals surface area contributed by atoms with Crippen LogP contribution in [0.1, 0.15) is 11.1 Å². The molecule has 5 heteroatoms.